The van der Waals surface area contributed by atoms with Crippen LogP contribution in [0.15, 0.2) is 42.9 Å². The first kappa shape index (κ1) is 13.6. The van der Waals surface area contributed by atoms with Crippen LogP contribution in [-0.2, 0) is 4.74 Å². The van der Waals surface area contributed by atoms with Crippen molar-refractivity contribution < 1.29 is 13.9 Å². The second-order valence-corrected chi connectivity index (χ2v) is 5.55. The molecule has 0 aliphatic heterocycles. The van der Waals surface area contributed by atoms with Gasteiger partial charge in [0.1, 0.15) is 16.8 Å². The number of hydrogen-bond acceptors (Lipinski definition) is 5. The quantitative estimate of drug-likeness (QED) is 0.691. The summed E-state index contributed by atoms with van der Waals surface area (Å²) >= 11 is 1.27. The van der Waals surface area contributed by atoms with E-state index in [2.05, 4.69) is 9.97 Å². The van der Waals surface area contributed by atoms with Crippen molar-refractivity contribution in [1.29, 1.82) is 0 Å². The van der Waals surface area contributed by atoms with E-state index >= 15 is 0 Å². The maximum absolute atomic E-state index is 13.2. The molecule has 1 aromatic carbocycles. The fourth-order valence-corrected chi connectivity index (χ4v) is 2.84. The van der Waals surface area contributed by atoms with Crippen LogP contribution in [0.5, 0.6) is 0 Å². The van der Waals surface area contributed by atoms with Crippen LogP contribution in [0.4, 0.5) is 4.39 Å². The third kappa shape index (κ3) is 2.90. The lowest BCUT2D eigenvalue weighted by Crippen LogP contribution is -2.09. The van der Waals surface area contributed by atoms with Gasteiger partial charge in [0.15, 0.2) is 0 Å². The highest BCUT2D eigenvalue weighted by atomic mass is 32.1. The maximum Gasteiger partial charge on any atom is 0.349 e. The third-order valence-electron chi connectivity index (χ3n) is 2.96. The summed E-state index contributed by atoms with van der Waals surface area (Å²) in [6, 6.07) is 6.05. The number of benzene rings is 1. The van der Waals surface area contributed by atoms with E-state index in [-0.39, 0.29) is 5.82 Å². The summed E-state index contributed by atoms with van der Waals surface area (Å²) in [4.78, 5) is 20.6. The molecule has 3 aromatic rings. The van der Waals surface area contributed by atoms with Crippen LogP contribution in [0, 0.1) is 5.82 Å². The monoisotopic (exact) mass is 302 g/mol. The minimum Gasteiger partial charge on any atom is -0.452 e. The van der Waals surface area contributed by atoms with Gasteiger partial charge in [-0.15, -0.1) is 11.3 Å². The standard InChI is InChI=1S/C15H11FN2O2S/c1-9(12-8-17-4-5-18-12)20-15(19)14-7-10-6-11(16)2-3-13(10)21-14/h2-9H,1H3/t9-/m1/s1. The second-order valence-electron chi connectivity index (χ2n) is 4.47. The minimum atomic E-state index is -0.492. The number of hydrogen-bond donors (Lipinski definition) is 0. The Hall–Kier alpha value is -2.34. The van der Waals surface area contributed by atoms with Gasteiger partial charge in [-0.2, -0.15) is 0 Å². The van der Waals surface area contributed by atoms with E-state index in [1.165, 1.54) is 23.5 Å². The van der Waals surface area contributed by atoms with Gasteiger partial charge in [-0.3, -0.25) is 9.97 Å². The SMILES string of the molecule is C[C@@H](OC(=O)c1cc2cc(F)ccc2s1)c1cnccn1. The Labute approximate surface area is 124 Å². The molecule has 0 saturated heterocycles. The van der Waals surface area contributed by atoms with Crippen LogP contribution in [0.2, 0.25) is 0 Å². The molecule has 2 aromatic heterocycles. The Morgan fingerprint density at radius 3 is 2.95 bits per heavy atom. The Morgan fingerprint density at radius 2 is 2.19 bits per heavy atom. The largest absolute Gasteiger partial charge is 0.452 e. The first-order valence-electron chi connectivity index (χ1n) is 6.29. The summed E-state index contributed by atoms with van der Waals surface area (Å²) in [6.45, 7) is 1.73. The first-order valence-corrected chi connectivity index (χ1v) is 7.11. The van der Waals surface area contributed by atoms with Crippen molar-refractivity contribution in [1.82, 2.24) is 9.97 Å². The molecule has 21 heavy (non-hydrogen) atoms. The van der Waals surface area contributed by atoms with Crippen LogP contribution in [0.3, 0.4) is 0 Å². The summed E-state index contributed by atoms with van der Waals surface area (Å²) in [7, 11) is 0. The molecule has 0 unspecified atom stereocenters. The lowest BCUT2D eigenvalue weighted by Gasteiger charge is -2.10. The van der Waals surface area contributed by atoms with Crippen molar-refractivity contribution in [2.75, 3.05) is 0 Å². The maximum atomic E-state index is 13.2. The van der Waals surface area contributed by atoms with Crippen molar-refractivity contribution >= 4 is 27.4 Å². The number of nitrogens with zero attached hydrogens (tertiary/aromatic N) is 2. The highest BCUT2D eigenvalue weighted by Gasteiger charge is 2.17. The Morgan fingerprint density at radius 1 is 1.33 bits per heavy atom. The van der Waals surface area contributed by atoms with Gasteiger partial charge < -0.3 is 4.74 Å². The van der Waals surface area contributed by atoms with Gasteiger partial charge >= 0.3 is 5.97 Å². The minimum absolute atomic E-state index is 0.326. The zero-order chi connectivity index (χ0) is 14.8. The van der Waals surface area contributed by atoms with Crippen molar-refractivity contribution in [3.63, 3.8) is 0 Å². The van der Waals surface area contributed by atoms with Crippen LogP contribution in [0.1, 0.15) is 28.4 Å². The molecule has 0 N–H and O–H groups in total. The molecule has 0 aliphatic carbocycles. The summed E-state index contributed by atoms with van der Waals surface area (Å²) in [5, 5.41) is 0.694. The summed E-state index contributed by atoms with van der Waals surface area (Å²) < 4.78 is 19.4. The molecule has 0 aliphatic rings. The number of fused-ring (bicyclic) bond motifs is 1. The smallest absolute Gasteiger partial charge is 0.349 e. The molecule has 0 radical (unpaired) electrons. The molecular weight excluding hydrogens is 291 g/mol. The number of thiophene rings is 1. The van der Waals surface area contributed by atoms with E-state index in [1.54, 1.807) is 37.6 Å². The highest BCUT2D eigenvalue weighted by molar-refractivity contribution is 7.20. The number of esters is 1. The number of ether oxygens (including phenoxy) is 1. The number of carbonyl (C=O) groups is 1. The average molecular weight is 302 g/mol. The molecule has 0 fully saturated rings. The lowest BCUT2D eigenvalue weighted by atomic mass is 10.2. The van der Waals surface area contributed by atoms with Gasteiger partial charge in [0, 0.05) is 17.1 Å². The molecule has 0 bridgehead atoms. The summed E-state index contributed by atoms with van der Waals surface area (Å²) in [5.74, 6) is -0.775. The Balaban J connectivity index is 1.80. The van der Waals surface area contributed by atoms with Gasteiger partial charge in [-0.25, -0.2) is 9.18 Å². The number of halogens is 1. The molecule has 0 spiro atoms. The summed E-state index contributed by atoms with van der Waals surface area (Å²) in [5.41, 5.74) is 0.581. The topological polar surface area (TPSA) is 52.1 Å². The predicted octanol–water partition coefficient (Wildman–Crippen LogP) is 3.75. The molecule has 1 atom stereocenters. The molecule has 2 heterocycles. The van der Waals surface area contributed by atoms with Crippen molar-refractivity contribution in [2.45, 2.75) is 13.0 Å². The van der Waals surface area contributed by atoms with E-state index in [9.17, 15) is 9.18 Å². The zero-order valence-corrected chi connectivity index (χ0v) is 11.9. The van der Waals surface area contributed by atoms with Crippen molar-refractivity contribution in [3.05, 3.63) is 59.2 Å². The fourth-order valence-electron chi connectivity index (χ4n) is 1.91. The lowest BCUT2D eigenvalue weighted by molar-refractivity contribution is 0.0334. The van der Waals surface area contributed by atoms with Crippen molar-refractivity contribution in [3.8, 4) is 0 Å². The van der Waals surface area contributed by atoms with Gasteiger partial charge in [-0.05, 0) is 36.6 Å². The van der Waals surface area contributed by atoms with E-state index < -0.39 is 12.1 Å². The van der Waals surface area contributed by atoms with Gasteiger partial charge in [0.2, 0.25) is 0 Å². The van der Waals surface area contributed by atoms with Gasteiger partial charge in [-0.1, -0.05) is 0 Å². The average Bonchev–Trinajstić information content (AvgIpc) is 2.91. The predicted molar refractivity (Wildman–Crippen MR) is 77.6 cm³/mol. The molecule has 6 heteroatoms. The Kier molecular flexibility index (Phi) is 3.62. The number of aromatic nitrogens is 2. The van der Waals surface area contributed by atoms with Crippen LogP contribution in [-0.4, -0.2) is 15.9 Å². The summed E-state index contributed by atoms with van der Waals surface area (Å²) in [6.07, 6.45) is 4.16. The van der Waals surface area contributed by atoms with Gasteiger partial charge in [0.25, 0.3) is 0 Å². The number of rotatable bonds is 3. The molecule has 106 valence electrons. The molecule has 3 rings (SSSR count). The van der Waals surface area contributed by atoms with E-state index in [4.69, 9.17) is 4.74 Å². The molecule has 0 amide bonds. The molecular formula is C15H11FN2O2S. The van der Waals surface area contributed by atoms with Crippen LogP contribution >= 0.6 is 11.3 Å². The Bertz CT molecular complexity index is 789. The highest BCUT2D eigenvalue weighted by Crippen LogP contribution is 2.28. The van der Waals surface area contributed by atoms with Crippen LogP contribution in [0.25, 0.3) is 10.1 Å². The number of carbonyl (C=O) groups excluding carboxylic acids is 1. The third-order valence-corrected chi connectivity index (χ3v) is 4.06. The molecule has 4 nitrogen and oxygen atoms in total. The van der Waals surface area contributed by atoms with E-state index in [0.717, 1.165) is 4.70 Å². The van der Waals surface area contributed by atoms with E-state index in [0.29, 0.717) is 16.0 Å². The van der Waals surface area contributed by atoms with Crippen LogP contribution < -0.4 is 0 Å². The molecule has 0 saturated carbocycles. The normalized spacial score (nSPS) is 12.3. The van der Waals surface area contributed by atoms with Gasteiger partial charge in [0.05, 0.1) is 11.9 Å². The van der Waals surface area contributed by atoms with E-state index in [1.807, 2.05) is 0 Å². The van der Waals surface area contributed by atoms with Crippen molar-refractivity contribution in [2.24, 2.45) is 0 Å². The first-order chi connectivity index (χ1) is 10.1. The fraction of sp³-hybridized carbons (Fsp3) is 0.133. The zero-order valence-electron chi connectivity index (χ0n) is 11.1. The second kappa shape index (κ2) is 5.57.